The Kier molecular flexibility index (Phi) is 39.0. The van der Waals surface area contributed by atoms with E-state index in [4.69, 9.17) is 4.74 Å². The molecule has 1 rings (SSSR count). The van der Waals surface area contributed by atoms with Gasteiger partial charge in [0, 0.05) is 6.42 Å². The van der Waals surface area contributed by atoms with Crippen LogP contribution >= 0.6 is 0 Å². The molecular formula is C51H101NO8. The van der Waals surface area contributed by atoms with Gasteiger partial charge in [-0.3, -0.25) is 4.79 Å². The van der Waals surface area contributed by atoms with Crippen LogP contribution in [-0.4, -0.2) is 91.9 Å². The Hall–Kier alpha value is -0.810. The van der Waals surface area contributed by atoms with Gasteiger partial charge in [0.15, 0.2) is 0 Å². The maximum Gasteiger partial charge on any atom is 0.220 e. The minimum Gasteiger partial charge on any atom is -0.394 e. The summed E-state index contributed by atoms with van der Waals surface area (Å²) in [5, 5.41) is 65.8. The molecule has 1 amide bonds. The van der Waals surface area contributed by atoms with Crippen molar-refractivity contribution in [3.8, 4) is 0 Å². The molecule has 9 nitrogen and oxygen atoms in total. The van der Waals surface area contributed by atoms with E-state index in [-0.39, 0.29) is 18.7 Å². The van der Waals surface area contributed by atoms with Crippen molar-refractivity contribution in [2.75, 3.05) is 6.61 Å². The van der Waals surface area contributed by atoms with Gasteiger partial charge in [0.1, 0.15) is 24.4 Å². The standard InChI is InChI=1S/C51H101NO8/c1-3-5-7-9-11-13-15-17-18-19-20-21-22-23-24-25-26-27-29-31-33-35-37-39-47(55)52-43(40-41-45-49(57)51(59)50(58)46(42-53)60-45)48(56)44(54)38-36-34-32-30-28-16-14-12-10-8-6-4-2/h43-46,48-51,53-54,56-59H,3-42H2,1-2H3,(H,52,55)/t43-,44-,45+,46+,48-,49-,50-,51+/m0/s1. The summed E-state index contributed by atoms with van der Waals surface area (Å²) in [6, 6.07) is -0.762. The minimum atomic E-state index is -1.48. The van der Waals surface area contributed by atoms with E-state index >= 15 is 0 Å². The van der Waals surface area contributed by atoms with Crippen LogP contribution in [0.1, 0.15) is 264 Å². The van der Waals surface area contributed by atoms with Crippen LogP contribution in [0, 0.1) is 0 Å². The quantitative estimate of drug-likeness (QED) is 0.0298. The monoisotopic (exact) mass is 856 g/mol. The Bertz CT molecular complexity index is 924. The van der Waals surface area contributed by atoms with Gasteiger partial charge in [-0.15, -0.1) is 0 Å². The maximum atomic E-state index is 13.1. The molecule has 1 fully saturated rings. The van der Waals surface area contributed by atoms with Crippen LogP contribution in [0.25, 0.3) is 0 Å². The number of hydrogen-bond donors (Lipinski definition) is 7. The molecular weight excluding hydrogens is 755 g/mol. The zero-order valence-electron chi connectivity index (χ0n) is 39.4. The molecule has 358 valence electrons. The molecule has 0 aromatic heterocycles. The molecule has 1 heterocycles. The normalized spacial score (nSPS) is 21.0. The number of carbonyl (C=O) groups excluding carboxylic acids is 1. The van der Waals surface area contributed by atoms with Crippen molar-refractivity contribution in [2.24, 2.45) is 0 Å². The Morgan fingerprint density at radius 2 is 0.800 bits per heavy atom. The molecule has 9 heteroatoms. The van der Waals surface area contributed by atoms with E-state index in [2.05, 4.69) is 19.2 Å². The highest BCUT2D eigenvalue weighted by molar-refractivity contribution is 5.76. The first-order chi connectivity index (χ1) is 29.3. The van der Waals surface area contributed by atoms with Gasteiger partial charge in [-0.25, -0.2) is 0 Å². The molecule has 0 unspecified atom stereocenters. The second-order valence-electron chi connectivity index (χ2n) is 18.9. The molecule has 0 spiro atoms. The summed E-state index contributed by atoms with van der Waals surface area (Å²) in [7, 11) is 0. The van der Waals surface area contributed by atoms with E-state index in [1.807, 2.05) is 0 Å². The first-order valence-electron chi connectivity index (χ1n) is 26.2. The molecule has 0 aromatic carbocycles. The van der Waals surface area contributed by atoms with E-state index in [1.165, 1.54) is 186 Å². The molecule has 0 aliphatic carbocycles. The molecule has 8 atom stereocenters. The zero-order chi connectivity index (χ0) is 43.9. The van der Waals surface area contributed by atoms with Crippen LogP contribution in [0.5, 0.6) is 0 Å². The van der Waals surface area contributed by atoms with Gasteiger partial charge >= 0.3 is 0 Å². The Morgan fingerprint density at radius 3 is 1.17 bits per heavy atom. The maximum absolute atomic E-state index is 13.1. The average molecular weight is 856 g/mol. The fraction of sp³-hybridized carbons (Fsp3) is 0.980. The molecule has 7 N–H and O–H groups in total. The number of rotatable bonds is 44. The lowest BCUT2D eigenvalue weighted by atomic mass is 9.90. The van der Waals surface area contributed by atoms with Gasteiger partial charge in [-0.2, -0.15) is 0 Å². The zero-order valence-corrected chi connectivity index (χ0v) is 39.4. The lowest BCUT2D eigenvalue weighted by molar-refractivity contribution is -0.231. The second kappa shape index (κ2) is 40.9. The summed E-state index contributed by atoms with van der Waals surface area (Å²) in [6.45, 7) is 4.02. The molecule has 1 saturated heterocycles. The summed E-state index contributed by atoms with van der Waals surface area (Å²) in [5.41, 5.74) is 0. The average Bonchev–Trinajstić information content (AvgIpc) is 3.25. The van der Waals surface area contributed by atoms with Gasteiger partial charge in [0.2, 0.25) is 5.91 Å². The molecule has 1 aliphatic rings. The van der Waals surface area contributed by atoms with Gasteiger partial charge in [-0.05, 0) is 25.7 Å². The lowest BCUT2D eigenvalue weighted by Gasteiger charge is -2.40. The van der Waals surface area contributed by atoms with Gasteiger partial charge in [0.25, 0.3) is 0 Å². The van der Waals surface area contributed by atoms with E-state index in [0.717, 1.165) is 38.5 Å². The summed E-state index contributed by atoms with van der Waals surface area (Å²) >= 11 is 0. The van der Waals surface area contributed by atoms with Crippen LogP contribution in [0.15, 0.2) is 0 Å². The highest BCUT2D eigenvalue weighted by Gasteiger charge is 2.43. The van der Waals surface area contributed by atoms with Crippen LogP contribution in [0.4, 0.5) is 0 Å². The molecule has 0 radical (unpaired) electrons. The van der Waals surface area contributed by atoms with Crippen LogP contribution < -0.4 is 5.32 Å². The predicted octanol–water partition coefficient (Wildman–Crippen LogP) is 11.3. The SMILES string of the molecule is CCCCCCCCCCCCCCCCCCCCCCCCCC(=O)N[C@@H](CC[C@H]1O[C@H](CO)[C@H](O)[C@H](O)[C@H]1O)[C@H](O)[C@@H](O)CCCCCCCCCCCCCC. The number of aliphatic hydroxyl groups is 6. The van der Waals surface area contributed by atoms with Crippen molar-refractivity contribution in [2.45, 2.75) is 313 Å². The minimum absolute atomic E-state index is 0.161. The van der Waals surface area contributed by atoms with Crippen LogP contribution in [0.3, 0.4) is 0 Å². The fourth-order valence-corrected chi connectivity index (χ4v) is 9.07. The molecule has 0 aromatic rings. The first kappa shape index (κ1) is 57.2. The summed E-state index contributed by atoms with van der Waals surface area (Å²) in [5.74, 6) is -0.172. The molecule has 60 heavy (non-hydrogen) atoms. The van der Waals surface area contributed by atoms with Crippen molar-refractivity contribution in [1.29, 1.82) is 0 Å². The third-order valence-electron chi connectivity index (χ3n) is 13.3. The van der Waals surface area contributed by atoms with Crippen LogP contribution in [0.2, 0.25) is 0 Å². The number of carbonyl (C=O) groups is 1. The van der Waals surface area contributed by atoms with Crippen molar-refractivity contribution in [1.82, 2.24) is 5.32 Å². The van der Waals surface area contributed by atoms with E-state index in [0.29, 0.717) is 12.8 Å². The van der Waals surface area contributed by atoms with Gasteiger partial charge in [-0.1, -0.05) is 232 Å². The third kappa shape index (κ3) is 30.3. The highest BCUT2D eigenvalue weighted by Crippen LogP contribution is 2.26. The van der Waals surface area contributed by atoms with E-state index < -0.39 is 55.4 Å². The van der Waals surface area contributed by atoms with Crippen molar-refractivity contribution in [3.05, 3.63) is 0 Å². The van der Waals surface area contributed by atoms with Crippen LogP contribution in [-0.2, 0) is 9.53 Å². The van der Waals surface area contributed by atoms with Gasteiger partial charge < -0.3 is 40.7 Å². The topological polar surface area (TPSA) is 160 Å². The molecule has 0 bridgehead atoms. The van der Waals surface area contributed by atoms with E-state index in [9.17, 15) is 35.4 Å². The second-order valence-corrected chi connectivity index (χ2v) is 18.9. The Balaban J connectivity index is 2.26. The lowest BCUT2D eigenvalue weighted by Crippen LogP contribution is -2.59. The predicted molar refractivity (Wildman–Crippen MR) is 249 cm³/mol. The number of hydrogen-bond acceptors (Lipinski definition) is 8. The Morgan fingerprint density at radius 1 is 0.467 bits per heavy atom. The number of amides is 1. The Labute approximate surface area is 370 Å². The summed E-state index contributed by atoms with van der Waals surface area (Å²) < 4.78 is 5.69. The smallest absolute Gasteiger partial charge is 0.220 e. The van der Waals surface area contributed by atoms with Crippen molar-refractivity contribution < 1.29 is 40.2 Å². The van der Waals surface area contributed by atoms with Gasteiger partial charge in [0.05, 0.1) is 31.0 Å². The number of nitrogens with one attached hydrogen (secondary N) is 1. The van der Waals surface area contributed by atoms with E-state index in [1.54, 1.807) is 0 Å². The summed E-state index contributed by atoms with van der Waals surface area (Å²) in [6.07, 6.45) is 37.6. The number of aliphatic hydroxyl groups excluding tert-OH is 6. The summed E-state index contributed by atoms with van der Waals surface area (Å²) in [4.78, 5) is 13.1. The first-order valence-corrected chi connectivity index (χ1v) is 26.2. The van der Waals surface area contributed by atoms with Crippen molar-refractivity contribution in [3.63, 3.8) is 0 Å². The number of ether oxygens (including phenoxy) is 1. The molecule has 1 aliphatic heterocycles. The third-order valence-corrected chi connectivity index (χ3v) is 13.3. The number of unbranched alkanes of at least 4 members (excludes halogenated alkanes) is 33. The highest BCUT2D eigenvalue weighted by atomic mass is 16.5. The molecule has 0 saturated carbocycles. The van der Waals surface area contributed by atoms with Crippen molar-refractivity contribution >= 4 is 5.91 Å². The largest absolute Gasteiger partial charge is 0.394 e. The fourth-order valence-electron chi connectivity index (χ4n) is 9.07.